The molecule has 0 saturated heterocycles. The second kappa shape index (κ2) is 5.97. The molecule has 1 nitrogen and oxygen atoms in total. The predicted octanol–water partition coefficient (Wildman–Crippen LogP) is 4.59. The van der Waals surface area contributed by atoms with Crippen molar-refractivity contribution in [2.75, 3.05) is 0 Å². The Morgan fingerprint density at radius 2 is 1.50 bits per heavy atom. The highest BCUT2D eigenvalue weighted by molar-refractivity contribution is 5.50. The summed E-state index contributed by atoms with van der Waals surface area (Å²) in [7, 11) is 0. The first kappa shape index (κ1) is 13.6. The van der Waals surface area contributed by atoms with Gasteiger partial charge in [0, 0.05) is 5.92 Å². The van der Waals surface area contributed by atoms with E-state index in [1.54, 1.807) is 0 Å². The van der Waals surface area contributed by atoms with Gasteiger partial charge in [0.05, 0.1) is 5.54 Å². The average Bonchev–Trinajstić information content (AvgIpc) is 2.56. The van der Waals surface area contributed by atoms with Crippen LogP contribution in [0.2, 0.25) is 0 Å². The minimum atomic E-state index is -0.329. The smallest absolute Gasteiger partial charge is 0.0722 e. The molecule has 20 heavy (non-hydrogen) atoms. The van der Waals surface area contributed by atoms with E-state index in [2.05, 4.69) is 48.6 Å². The summed E-state index contributed by atoms with van der Waals surface area (Å²) in [5.74, 6) is 0.430. The van der Waals surface area contributed by atoms with E-state index in [1.807, 2.05) is 0 Å². The minimum Gasteiger partial charge on any atom is -0.317 e. The molecule has 1 atom stereocenters. The van der Waals surface area contributed by atoms with Crippen LogP contribution in [0.4, 0.5) is 0 Å². The molecule has 3 aliphatic rings. The summed E-state index contributed by atoms with van der Waals surface area (Å²) in [6.45, 7) is 0. The molecule has 1 heteroatoms. The standard InChI is InChI=1S/C19H25N/c20-19(16-10-4-1-5-11-16,17-12-6-2-7-13-17)18-14-8-3-9-15-18/h4,6,8,10-14,18H,1-3,5,7,9,15,20H2. The van der Waals surface area contributed by atoms with Crippen molar-refractivity contribution in [3.8, 4) is 0 Å². The van der Waals surface area contributed by atoms with E-state index in [1.165, 1.54) is 30.4 Å². The van der Waals surface area contributed by atoms with Crippen molar-refractivity contribution in [3.63, 3.8) is 0 Å². The maximum atomic E-state index is 7.03. The Morgan fingerprint density at radius 1 is 0.850 bits per heavy atom. The van der Waals surface area contributed by atoms with E-state index >= 15 is 0 Å². The first-order chi connectivity index (χ1) is 9.82. The zero-order chi connectivity index (χ0) is 13.8. The van der Waals surface area contributed by atoms with Crippen LogP contribution in [-0.4, -0.2) is 5.54 Å². The molecular weight excluding hydrogens is 242 g/mol. The van der Waals surface area contributed by atoms with Crippen LogP contribution in [-0.2, 0) is 0 Å². The van der Waals surface area contributed by atoms with Crippen molar-refractivity contribution in [3.05, 3.63) is 59.8 Å². The fourth-order valence-corrected chi connectivity index (χ4v) is 3.63. The van der Waals surface area contributed by atoms with Crippen molar-refractivity contribution in [1.29, 1.82) is 0 Å². The van der Waals surface area contributed by atoms with Gasteiger partial charge in [-0.05, 0) is 56.1 Å². The molecular formula is C19H25N. The Kier molecular flexibility index (Phi) is 4.07. The van der Waals surface area contributed by atoms with Crippen LogP contribution < -0.4 is 5.73 Å². The van der Waals surface area contributed by atoms with Gasteiger partial charge in [-0.25, -0.2) is 0 Å². The molecule has 0 aromatic rings. The Hall–Kier alpha value is -1.34. The fourth-order valence-electron chi connectivity index (χ4n) is 3.63. The minimum absolute atomic E-state index is 0.329. The van der Waals surface area contributed by atoms with E-state index in [0.29, 0.717) is 5.92 Å². The number of nitrogens with two attached hydrogens (primary N) is 1. The maximum absolute atomic E-state index is 7.03. The molecule has 0 aromatic carbocycles. The van der Waals surface area contributed by atoms with Crippen LogP contribution in [0.1, 0.15) is 44.9 Å². The summed E-state index contributed by atoms with van der Waals surface area (Å²) >= 11 is 0. The van der Waals surface area contributed by atoms with Gasteiger partial charge in [-0.3, -0.25) is 0 Å². The van der Waals surface area contributed by atoms with Gasteiger partial charge in [0.15, 0.2) is 0 Å². The molecule has 3 rings (SSSR count). The molecule has 0 aromatic heterocycles. The van der Waals surface area contributed by atoms with Crippen LogP contribution in [0.5, 0.6) is 0 Å². The van der Waals surface area contributed by atoms with Gasteiger partial charge in [-0.2, -0.15) is 0 Å². The number of allylic oxidation sites excluding steroid dienone is 5. The lowest BCUT2D eigenvalue weighted by atomic mass is 9.68. The van der Waals surface area contributed by atoms with Gasteiger partial charge in [0.1, 0.15) is 0 Å². The maximum Gasteiger partial charge on any atom is 0.0722 e. The van der Waals surface area contributed by atoms with Crippen molar-refractivity contribution >= 4 is 0 Å². The van der Waals surface area contributed by atoms with Crippen LogP contribution in [0, 0.1) is 5.92 Å². The third kappa shape index (κ3) is 2.47. The lowest BCUT2D eigenvalue weighted by Crippen LogP contribution is -2.50. The van der Waals surface area contributed by atoms with Gasteiger partial charge in [-0.15, -0.1) is 0 Å². The summed E-state index contributed by atoms with van der Waals surface area (Å²) in [6, 6.07) is 0. The molecule has 106 valence electrons. The van der Waals surface area contributed by atoms with Gasteiger partial charge < -0.3 is 5.73 Å². The van der Waals surface area contributed by atoms with E-state index in [4.69, 9.17) is 5.73 Å². The lowest BCUT2D eigenvalue weighted by molar-refractivity contribution is 0.393. The first-order valence-corrected chi connectivity index (χ1v) is 8.01. The first-order valence-electron chi connectivity index (χ1n) is 8.01. The Labute approximate surface area is 122 Å². The molecule has 0 fully saturated rings. The third-order valence-electron chi connectivity index (χ3n) is 4.78. The molecule has 0 saturated carbocycles. The summed E-state index contributed by atoms with van der Waals surface area (Å²) < 4.78 is 0. The molecule has 2 N–H and O–H groups in total. The van der Waals surface area contributed by atoms with Gasteiger partial charge >= 0.3 is 0 Å². The molecule has 0 radical (unpaired) electrons. The highest BCUT2D eigenvalue weighted by Gasteiger charge is 2.39. The largest absolute Gasteiger partial charge is 0.317 e. The quantitative estimate of drug-likeness (QED) is 0.743. The average molecular weight is 267 g/mol. The molecule has 0 aliphatic heterocycles. The van der Waals surface area contributed by atoms with Gasteiger partial charge in [-0.1, -0.05) is 48.6 Å². The summed E-state index contributed by atoms with van der Waals surface area (Å²) in [6.07, 6.45) is 26.6. The molecule has 0 bridgehead atoms. The second-order valence-electron chi connectivity index (χ2n) is 6.11. The van der Waals surface area contributed by atoms with E-state index in [-0.39, 0.29) is 5.54 Å². The third-order valence-corrected chi connectivity index (χ3v) is 4.78. The Bertz CT molecular complexity index is 470. The van der Waals surface area contributed by atoms with Crippen LogP contribution >= 0.6 is 0 Å². The van der Waals surface area contributed by atoms with Crippen LogP contribution in [0.3, 0.4) is 0 Å². The number of rotatable bonds is 3. The topological polar surface area (TPSA) is 26.0 Å². The van der Waals surface area contributed by atoms with Gasteiger partial charge in [0.2, 0.25) is 0 Å². The molecule has 0 amide bonds. The molecule has 0 heterocycles. The lowest BCUT2D eigenvalue weighted by Gasteiger charge is -2.41. The monoisotopic (exact) mass is 267 g/mol. The normalized spacial score (nSPS) is 26.4. The number of hydrogen-bond donors (Lipinski definition) is 1. The Morgan fingerprint density at radius 3 is 1.95 bits per heavy atom. The van der Waals surface area contributed by atoms with Gasteiger partial charge in [0.25, 0.3) is 0 Å². The molecule has 3 aliphatic carbocycles. The predicted molar refractivity (Wildman–Crippen MR) is 86.3 cm³/mol. The number of hydrogen-bond acceptors (Lipinski definition) is 1. The zero-order valence-corrected chi connectivity index (χ0v) is 12.2. The van der Waals surface area contributed by atoms with Crippen LogP contribution in [0.15, 0.2) is 59.8 Å². The SMILES string of the molecule is NC(C1=CCCC=C1)(C1=CCCC=C1)C1C=CCCC1. The van der Waals surface area contributed by atoms with Crippen molar-refractivity contribution in [1.82, 2.24) is 0 Å². The van der Waals surface area contributed by atoms with E-state index in [9.17, 15) is 0 Å². The van der Waals surface area contributed by atoms with E-state index < -0.39 is 0 Å². The Balaban J connectivity index is 2.01. The zero-order valence-electron chi connectivity index (χ0n) is 12.2. The van der Waals surface area contributed by atoms with E-state index in [0.717, 1.165) is 25.7 Å². The highest BCUT2D eigenvalue weighted by atomic mass is 14.8. The summed E-state index contributed by atoms with van der Waals surface area (Å²) in [5, 5.41) is 0. The molecule has 0 spiro atoms. The van der Waals surface area contributed by atoms with Crippen molar-refractivity contribution in [2.45, 2.75) is 50.5 Å². The highest BCUT2D eigenvalue weighted by Crippen LogP contribution is 2.40. The fraction of sp³-hybridized carbons (Fsp3) is 0.474. The summed E-state index contributed by atoms with van der Waals surface area (Å²) in [4.78, 5) is 0. The molecule has 1 unspecified atom stereocenters. The van der Waals surface area contributed by atoms with Crippen molar-refractivity contribution < 1.29 is 0 Å². The second-order valence-corrected chi connectivity index (χ2v) is 6.11. The van der Waals surface area contributed by atoms with Crippen molar-refractivity contribution in [2.24, 2.45) is 11.7 Å². The van der Waals surface area contributed by atoms with Crippen LogP contribution in [0.25, 0.3) is 0 Å². The summed E-state index contributed by atoms with van der Waals surface area (Å²) in [5.41, 5.74) is 9.34.